The maximum absolute atomic E-state index is 5.65. The molecule has 4 nitrogen and oxygen atoms in total. The molecule has 0 unspecified atom stereocenters. The first kappa shape index (κ1) is 16.3. The fourth-order valence-corrected chi connectivity index (χ4v) is 2.56. The van der Waals surface area contributed by atoms with Crippen LogP contribution in [0, 0.1) is 0 Å². The van der Waals surface area contributed by atoms with E-state index >= 15 is 0 Å². The molecule has 0 amide bonds. The quantitative estimate of drug-likeness (QED) is 0.416. The van der Waals surface area contributed by atoms with Crippen LogP contribution in [0.2, 0.25) is 0 Å². The van der Waals surface area contributed by atoms with Gasteiger partial charge >= 0.3 is 0 Å². The summed E-state index contributed by atoms with van der Waals surface area (Å²) in [7, 11) is -1.09. The van der Waals surface area contributed by atoms with Crippen LogP contribution in [0.1, 0.15) is 40.5 Å². The summed E-state index contributed by atoms with van der Waals surface area (Å²) >= 11 is 0. The van der Waals surface area contributed by atoms with Gasteiger partial charge in [0, 0.05) is 13.2 Å². The van der Waals surface area contributed by atoms with Gasteiger partial charge in [0.15, 0.2) is 0 Å². The molecule has 0 N–H and O–H groups in total. The van der Waals surface area contributed by atoms with Crippen LogP contribution in [0.5, 0.6) is 0 Å². The predicted octanol–water partition coefficient (Wildman–Crippen LogP) is 3.51. The van der Waals surface area contributed by atoms with E-state index in [0.29, 0.717) is 26.4 Å². The smallest absolute Gasteiger partial charge is 0.231 e. The van der Waals surface area contributed by atoms with Crippen molar-refractivity contribution in [1.29, 1.82) is 0 Å². The molecule has 0 aromatic carbocycles. The molecule has 0 aliphatic carbocycles. The van der Waals surface area contributed by atoms with Crippen molar-refractivity contribution in [2.24, 2.45) is 0 Å². The van der Waals surface area contributed by atoms with Gasteiger partial charge in [-0.15, -0.1) is 0 Å². The molecule has 0 saturated carbocycles. The molecule has 0 aliphatic rings. The van der Waals surface area contributed by atoms with Crippen LogP contribution in [0.3, 0.4) is 0 Å². The molecule has 0 radical (unpaired) electrons. The lowest BCUT2D eigenvalue weighted by molar-refractivity contribution is -0.0914. The normalized spacial score (nSPS) is 11.6. The van der Waals surface area contributed by atoms with Crippen LogP contribution < -0.4 is 0 Å². The molecule has 0 atom stereocenters. The SMILES string of the molecule is CCCOP(OCCC)C(OCC)OCC. The van der Waals surface area contributed by atoms with Gasteiger partial charge in [-0.25, -0.2) is 0 Å². The second-order valence-corrected chi connectivity index (χ2v) is 4.68. The van der Waals surface area contributed by atoms with Gasteiger partial charge < -0.3 is 18.5 Å². The lowest BCUT2D eigenvalue weighted by atomic mass is 10.5. The van der Waals surface area contributed by atoms with Crippen molar-refractivity contribution in [2.75, 3.05) is 26.4 Å². The zero-order valence-corrected chi connectivity index (χ0v) is 11.8. The highest BCUT2D eigenvalue weighted by molar-refractivity contribution is 7.47. The van der Waals surface area contributed by atoms with E-state index in [9.17, 15) is 0 Å². The molecule has 0 aliphatic heterocycles. The highest BCUT2D eigenvalue weighted by Gasteiger charge is 2.24. The van der Waals surface area contributed by atoms with Crippen LogP contribution in [-0.4, -0.2) is 32.5 Å². The third-order valence-electron chi connectivity index (χ3n) is 1.64. The zero-order valence-electron chi connectivity index (χ0n) is 10.9. The van der Waals surface area contributed by atoms with Crippen molar-refractivity contribution in [3.05, 3.63) is 0 Å². The Morgan fingerprint density at radius 1 is 0.812 bits per heavy atom. The topological polar surface area (TPSA) is 36.9 Å². The van der Waals surface area contributed by atoms with Crippen LogP contribution in [0.25, 0.3) is 0 Å². The Hall–Kier alpha value is 0.270. The number of hydrogen-bond acceptors (Lipinski definition) is 4. The summed E-state index contributed by atoms with van der Waals surface area (Å²) in [6, 6.07) is -0.358. The zero-order chi connectivity index (χ0) is 12.2. The number of ether oxygens (including phenoxy) is 2. The van der Waals surface area contributed by atoms with E-state index < -0.39 is 8.38 Å². The molecule has 16 heavy (non-hydrogen) atoms. The molecule has 98 valence electrons. The number of hydrogen-bond donors (Lipinski definition) is 0. The predicted molar refractivity (Wildman–Crippen MR) is 66.4 cm³/mol. The first-order chi connectivity index (χ1) is 7.79. The van der Waals surface area contributed by atoms with Crippen molar-refractivity contribution < 1.29 is 18.5 Å². The Labute approximate surface area is 101 Å². The average Bonchev–Trinajstić information content (AvgIpc) is 2.29. The average molecular weight is 252 g/mol. The largest absolute Gasteiger partial charge is 0.345 e. The van der Waals surface area contributed by atoms with Gasteiger partial charge in [0.25, 0.3) is 0 Å². The summed E-state index contributed by atoms with van der Waals surface area (Å²) in [6.07, 6.45) is 1.94. The molecule has 0 aromatic heterocycles. The second-order valence-electron chi connectivity index (χ2n) is 3.17. The van der Waals surface area contributed by atoms with Crippen molar-refractivity contribution >= 4 is 8.38 Å². The molecular weight excluding hydrogens is 227 g/mol. The monoisotopic (exact) mass is 252 g/mol. The standard InChI is InChI=1S/C11H25O4P/c1-5-9-14-16(15-10-6-2)11(12-7-3)13-8-4/h11H,5-10H2,1-4H3. The molecule has 0 aromatic rings. The highest BCUT2D eigenvalue weighted by Crippen LogP contribution is 2.45. The van der Waals surface area contributed by atoms with Crippen molar-refractivity contribution in [1.82, 2.24) is 0 Å². The summed E-state index contributed by atoms with van der Waals surface area (Å²) < 4.78 is 22.3. The third kappa shape index (κ3) is 7.53. The number of rotatable bonds is 11. The Balaban J connectivity index is 4.15. The molecule has 5 heteroatoms. The van der Waals surface area contributed by atoms with Gasteiger partial charge in [-0.05, 0) is 26.7 Å². The van der Waals surface area contributed by atoms with Gasteiger partial charge in [0.1, 0.15) is 0 Å². The fourth-order valence-electron chi connectivity index (χ4n) is 0.976. The van der Waals surface area contributed by atoms with E-state index in [1.54, 1.807) is 0 Å². The first-order valence-electron chi connectivity index (χ1n) is 6.08. The second kappa shape index (κ2) is 11.7. The molecule has 0 spiro atoms. The molecule has 0 heterocycles. The van der Waals surface area contributed by atoms with Gasteiger partial charge in [0.05, 0.1) is 13.2 Å². The van der Waals surface area contributed by atoms with E-state index in [1.807, 2.05) is 13.8 Å². The Morgan fingerprint density at radius 2 is 1.25 bits per heavy atom. The summed E-state index contributed by atoms with van der Waals surface area (Å²) in [5.41, 5.74) is 0. The Bertz CT molecular complexity index is 132. The molecule has 0 rings (SSSR count). The molecule has 0 fully saturated rings. The van der Waals surface area contributed by atoms with Crippen molar-refractivity contribution in [3.8, 4) is 0 Å². The molecular formula is C11H25O4P. The summed E-state index contributed by atoms with van der Waals surface area (Å²) in [5.74, 6) is 0. The van der Waals surface area contributed by atoms with Crippen LogP contribution in [-0.2, 0) is 18.5 Å². The van der Waals surface area contributed by atoms with Gasteiger partial charge in [-0.1, -0.05) is 13.8 Å². The van der Waals surface area contributed by atoms with E-state index in [2.05, 4.69) is 13.8 Å². The first-order valence-corrected chi connectivity index (χ1v) is 7.32. The van der Waals surface area contributed by atoms with Crippen molar-refractivity contribution in [3.63, 3.8) is 0 Å². The van der Waals surface area contributed by atoms with Crippen LogP contribution >= 0.6 is 8.38 Å². The van der Waals surface area contributed by atoms with E-state index in [0.717, 1.165) is 12.8 Å². The van der Waals surface area contributed by atoms with Crippen LogP contribution in [0.4, 0.5) is 0 Å². The third-order valence-corrected chi connectivity index (χ3v) is 3.15. The Morgan fingerprint density at radius 3 is 1.56 bits per heavy atom. The maximum Gasteiger partial charge on any atom is 0.231 e. The Kier molecular flexibility index (Phi) is 11.9. The van der Waals surface area contributed by atoms with E-state index in [4.69, 9.17) is 18.5 Å². The molecule has 0 bridgehead atoms. The van der Waals surface area contributed by atoms with Gasteiger partial charge in [-0.3, -0.25) is 0 Å². The maximum atomic E-state index is 5.65. The summed E-state index contributed by atoms with van der Waals surface area (Å²) in [4.78, 5) is 0. The summed E-state index contributed by atoms with van der Waals surface area (Å²) in [5, 5.41) is 0. The minimum absolute atomic E-state index is 0.358. The molecule has 0 saturated heterocycles. The summed E-state index contributed by atoms with van der Waals surface area (Å²) in [6.45, 7) is 10.6. The minimum atomic E-state index is -1.09. The van der Waals surface area contributed by atoms with Crippen molar-refractivity contribution in [2.45, 2.75) is 46.6 Å². The van der Waals surface area contributed by atoms with Gasteiger partial charge in [0.2, 0.25) is 14.4 Å². The van der Waals surface area contributed by atoms with E-state index in [-0.39, 0.29) is 6.03 Å². The lowest BCUT2D eigenvalue weighted by Crippen LogP contribution is -2.18. The van der Waals surface area contributed by atoms with E-state index in [1.165, 1.54) is 0 Å². The highest BCUT2D eigenvalue weighted by atomic mass is 31.2. The van der Waals surface area contributed by atoms with Gasteiger partial charge in [-0.2, -0.15) is 0 Å². The minimum Gasteiger partial charge on any atom is -0.345 e. The fraction of sp³-hybridized carbons (Fsp3) is 1.00. The lowest BCUT2D eigenvalue weighted by Gasteiger charge is -2.25. The van der Waals surface area contributed by atoms with Crippen LogP contribution in [0.15, 0.2) is 0 Å².